The molecule has 1 saturated heterocycles. The van der Waals surface area contributed by atoms with Gasteiger partial charge in [0.2, 0.25) is 0 Å². The Kier molecular flexibility index (Phi) is 7.02. The van der Waals surface area contributed by atoms with E-state index >= 15 is 0 Å². The van der Waals surface area contributed by atoms with Crippen molar-refractivity contribution < 1.29 is 17.5 Å². The predicted molar refractivity (Wildman–Crippen MR) is 129 cm³/mol. The van der Waals surface area contributed by atoms with Crippen molar-refractivity contribution in [2.75, 3.05) is 31.4 Å². The van der Waals surface area contributed by atoms with Crippen molar-refractivity contribution in [3.8, 4) is 17.6 Å². The van der Waals surface area contributed by atoms with E-state index in [-0.39, 0.29) is 35.1 Å². The molecule has 184 valence electrons. The van der Waals surface area contributed by atoms with Gasteiger partial charge in [-0.2, -0.15) is 18.0 Å². The summed E-state index contributed by atoms with van der Waals surface area (Å²) in [6.45, 7) is 3.46. The molecule has 4 rings (SSSR count). The molecule has 0 saturated carbocycles. The fourth-order valence-electron chi connectivity index (χ4n) is 3.88. The molecule has 3 aromatic rings. The molecule has 12 heteroatoms. The third kappa shape index (κ3) is 4.97. The van der Waals surface area contributed by atoms with E-state index in [4.69, 9.17) is 4.74 Å². The van der Waals surface area contributed by atoms with Gasteiger partial charge in [0.1, 0.15) is 17.4 Å². The van der Waals surface area contributed by atoms with Crippen molar-refractivity contribution in [1.82, 2.24) is 19.2 Å². The number of nitriles is 1. The molecule has 0 aliphatic carbocycles. The molecule has 0 spiro atoms. The Bertz CT molecular complexity index is 1460. The van der Waals surface area contributed by atoms with E-state index in [0.717, 1.165) is 42.4 Å². The monoisotopic (exact) mass is 500 g/mol. The van der Waals surface area contributed by atoms with Crippen LogP contribution >= 0.6 is 0 Å². The molecule has 1 aliphatic rings. The zero-order valence-electron chi connectivity index (χ0n) is 19.3. The first-order valence-corrected chi connectivity index (χ1v) is 12.5. The molecule has 0 radical (unpaired) electrons. The molecule has 0 unspecified atom stereocenters. The van der Waals surface area contributed by atoms with E-state index in [0.29, 0.717) is 10.9 Å². The normalized spacial score (nSPS) is 14.7. The number of fused-ring (bicyclic) bond motifs is 1. The Labute approximate surface area is 202 Å². The summed E-state index contributed by atoms with van der Waals surface area (Å²) in [5.41, 5.74) is -0.230. The van der Waals surface area contributed by atoms with Gasteiger partial charge in [0.25, 0.3) is 5.56 Å². The Morgan fingerprint density at radius 1 is 1.31 bits per heavy atom. The summed E-state index contributed by atoms with van der Waals surface area (Å²) < 4.78 is 50.2. The van der Waals surface area contributed by atoms with Crippen LogP contribution in [0.3, 0.4) is 0 Å². The van der Waals surface area contributed by atoms with Crippen LogP contribution < -0.4 is 20.3 Å². The molecule has 0 atom stereocenters. The average molecular weight is 501 g/mol. The van der Waals surface area contributed by atoms with Crippen molar-refractivity contribution in [3.63, 3.8) is 0 Å². The highest BCUT2D eigenvalue weighted by molar-refractivity contribution is 7.90. The lowest BCUT2D eigenvalue weighted by atomic mass is 10.1. The molecule has 35 heavy (non-hydrogen) atoms. The van der Waals surface area contributed by atoms with Crippen LogP contribution in [0.1, 0.15) is 31.4 Å². The van der Waals surface area contributed by atoms with Crippen LogP contribution in [0.15, 0.2) is 41.5 Å². The first-order chi connectivity index (χ1) is 16.7. The lowest BCUT2D eigenvalue weighted by Crippen LogP contribution is -2.34. The van der Waals surface area contributed by atoms with Crippen molar-refractivity contribution in [2.24, 2.45) is 0 Å². The topological polar surface area (TPSA) is 129 Å². The summed E-state index contributed by atoms with van der Waals surface area (Å²) in [5.74, 6) is -1.19. The number of nitrogens with one attached hydrogen (secondary N) is 2. The molecular weight excluding hydrogens is 475 g/mol. The maximum Gasteiger partial charge on any atom is 0.301 e. The third-order valence-corrected chi connectivity index (χ3v) is 7.55. The number of aromatic nitrogens is 2. The Balaban J connectivity index is 1.72. The van der Waals surface area contributed by atoms with Gasteiger partial charge in [-0.1, -0.05) is 6.92 Å². The highest BCUT2D eigenvalue weighted by Gasteiger charge is 2.23. The molecular formula is C23H25FN6O4S. The molecule has 1 aliphatic heterocycles. The highest BCUT2D eigenvalue weighted by Crippen LogP contribution is 2.34. The quantitative estimate of drug-likeness (QED) is 0.510. The SMILES string of the molecule is CCN(C)S(=O)(=O)Nc1ccc(F)c(Oc2ccc3ncn(C4CCNCC4)c(=O)c3c2)c1C#N. The van der Waals surface area contributed by atoms with E-state index < -0.39 is 21.8 Å². The summed E-state index contributed by atoms with van der Waals surface area (Å²) in [7, 11) is -2.58. The Hall–Kier alpha value is -3.53. The van der Waals surface area contributed by atoms with Crippen LogP contribution in [0.25, 0.3) is 10.9 Å². The second-order valence-electron chi connectivity index (χ2n) is 8.15. The second-order valence-corrected chi connectivity index (χ2v) is 9.93. The number of rotatable bonds is 7. The van der Waals surface area contributed by atoms with Gasteiger partial charge in [-0.25, -0.2) is 9.37 Å². The van der Waals surface area contributed by atoms with Crippen molar-refractivity contribution >= 4 is 26.8 Å². The molecule has 0 amide bonds. The number of nitrogens with zero attached hydrogens (tertiary/aromatic N) is 4. The van der Waals surface area contributed by atoms with Crippen molar-refractivity contribution in [1.29, 1.82) is 5.26 Å². The van der Waals surface area contributed by atoms with Crippen LogP contribution in [0.2, 0.25) is 0 Å². The van der Waals surface area contributed by atoms with Gasteiger partial charge in [0.15, 0.2) is 11.6 Å². The van der Waals surface area contributed by atoms with Crippen molar-refractivity contribution in [3.05, 3.63) is 58.4 Å². The number of piperidine rings is 1. The average Bonchev–Trinajstić information content (AvgIpc) is 2.86. The molecule has 2 N–H and O–H groups in total. The number of halogens is 1. The minimum absolute atomic E-state index is 0.0267. The largest absolute Gasteiger partial charge is 0.453 e. The van der Waals surface area contributed by atoms with E-state index in [2.05, 4.69) is 15.0 Å². The van der Waals surface area contributed by atoms with Gasteiger partial charge in [-0.05, 0) is 56.3 Å². The fourth-order valence-corrected chi connectivity index (χ4v) is 4.82. The van der Waals surface area contributed by atoms with Gasteiger partial charge in [0.05, 0.1) is 22.9 Å². The first-order valence-electron chi connectivity index (χ1n) is 11.1. The van der Waals surface area contributed by atoms with E-state index in [1.807, 2.05) is 6.07 Å². The summed E-state index contributed by atoms with van der Waals surface area (Å²) >= 11 is 0. The number of hydrogen-bond acceptors (Lipinski definition) is 7. The van der Waals surface area contributed by atoms with E-state index in [1.54, 1.807) is 17.6 Å². The standard InChI is InChI=1S/C23H25FN6O4S/c1-3-29(2)35(32,33)28-21-7-5-19(24)22(18(21)13-25)34-16-4-6-20-17(12-16)23(31)30(14-27-20)15-8-10-26-11-9-15/h4-7,12,14-15,26,28H,3,8-11H2,1-2H3. The number of hydrogen-bond donors (Lipinski definition) is 2. The van der Waals surface area contributed by atoms with Gasteiger partial charge in [-0.15, -0.1) is 0 Å². The predicted octanol–water partition coefficient (Wildman–Crippen LogP) is 2.73. The van der Waals surface area contributed by atoms with Crippen LogP contribution in [0, 0.1) is 17.1 Å². The highest BCUT2D eigenvalue weighted by atomic mass is 32.2. The lowest BCUT2D eigenvalue weighted by molar-refractivity contribution is 0.359. The third-order valence-electron chi connectivity index (χ3n) is 5.99. The van der Waals surface area contributed by atoms with E-state index in [9.17, 15) is 22.9 Å². The Morgan fingerprint density at radius 3 is 2.74 bits per heavy atom. The smallest absolute Gasteiger partial charge is 0.301 e. The van der Waals surface area contributed by atoms with Crippen LogP contribution in [-0.4, -0.2) is 49.0 Å². The molecule has 2 aromatic carbocycles. The van der Waals surface area contributed by atoms with Crippen LogP contribution in [0.5, 0.6) is 11.5 Å². The fraction of sp³-hybridized carbons (Fsp3) is 0.348. The number of benzene rings is 2. The van der Waals surface area contributed by atoms with Gasteiger partial charge in [0, 0.05) is 19.6 Å². The minimum Gasteiger partial charge on any atom is -0.453 e. The molecule has 0 bridgehead atoms. The first kappa shape index (κ1) is 24.6. The van der Waals surface area contributed by atoms with Crippen LogP contribution in [-0.2, 0) is 10.2 Å². The summed E-state index contributed by atoms with van der Waals surface area (Å²) in [4.78, 5) is 17.5. The zero-order valence-corrected chi connectivity index (χ0v) is 20.1. The number of anilines is 1. The maximum atomic E-state index is 14.7. The zero-order chi connectivity index (χ0) is 25.2. The van der Waals surface area contributed by atoms with Crippen molar-refractivity contribution in [2.45, 2.75) is 25.8 Å². The maximum absolute atomic E-state index is 14.7. The number of ether oxygens (including phenoxy) is 1. The minimum atomic E-state index is -3.95. The molecule has 1 aromatic heterocycles. The Morgan fingerprint density at radius 2 is 2.06 bits per heavy atom. The lowest BCUT2D eigenvalue weighted by Gasteiger charge is -2.24. The van der Waals surface area contributed by atoms with E-state index in [1.165, 1.54) is 25.5 Å². The van der Waals surface area contributed by atoms with Gasteiger partial charge < -0.3 is 10.1 Å². The molecule has 2 heterocycles. The summed E-state index contributed by atoms with van der Waals surface area (Å²) in [5, 5.41) is 13.2. The summed E-state index contributed by atoms with van der Waals surface area (Å²) in [6, 6.07) is 8.53. The molecule has 10 nitrogen and oxygen atoms in total. The van der Waals surface area contributed by atoms with Crippen LogP contribution in [0.4, 0.5) is 10.1 Å². The van der Waals surface area contributed by atoms with Gasteiger partial charge >= 0.3 is 10.2 Å². The van der Waals surface area contributed by atoms with Gasteiger partial charge in [-0.3, -0.25) is 14.1 Å². The summed E-state index contributed by atoms with van der Waals surface area (Å²) in [6.07, 6.45) is 3.14. The molecule has 1 fully saturated rings. The second kappa shape index (κ2) is 9.99.